The molecular formula is C13H14N2O4S. The van der Waals surface area contributed by atoms with Gasteiger partial charge in [0, 0.05) is 10.5 Å². The van der Waals surface area contributed by atoms with Gasteiger partial charge in [0.1, 0.15) is 6.04 Å². The van der Waals surface area contributed by atoms with Crippen LogP contribution in [0.15, 0.2) is 23.1 Å². The minimum atomic E-state index is -1.07. The van der Waals surface area contributed by atoms with Gasteiger partial charge in [-0.25, -0.2) is 4.79 Å². The maximum Gasteiger partial charge on any atom is 0.326 e. The lowest BCUT2D eigenvalue weighted by atomic mass is 10.1. The molecule has 0 saturated heterocycles. The fourth-order valence-corrected chi connectivity index (χ4v) is 2.59. The number of carboxylic acids is 1. The molecule has 1 atom stereocenters. The van der Waals surface area contributed by atoms with E-state index in [0.717, 1.165) is 4.90 Å². The van der Waals surface area contributed by atoms with E-state index in [4.69, 9.17) is 5.11 Å². The van der Waals surface area contributed by atoms with Gasteiger partial charge in [-0.1, -0.05) is 6.92 Å². The predicted octanol–water partition coefficient (Wildman–Crippen LogP) is 1.32. The first-order valence-electron chi connectivity index (χ1n) is 6.11. The number of aliphatic carboxylic acids is 1. The lowest BCUT2D eigenvalue weighted by molar-refractivity contribution is -0.139. The zero-order valence-corrected chi connectivity index (χ0v) is 11.6. The topological polar surface area (TPSA) is 95.5 Å². The van der Waals surface area contributed by atoms with Crippen LogP contribution in [0.25, 0.3) is 0 Å². The van der Waals surface area contributed by atoms with Crippen molar-refractivity contribution in [3.63, 3.8) is 0 Å². The van der Waals surface area contributed by atoms with Crippen molar-refractivity contribution in [1.82, 2.24) is 5.32 Å². The van der Waals surface area contributed by atoms with Gasteiger partial charge in [0.05, 0.1) is 11.4 Å². The van der Waals surface area contributed by atoms with Gasteiger partial charge in [0.25, 0.3) is 5.91 Å². The number of fused-ring (bicyclic) bond motifs is 1. The molecule has 2 amide bonds. The Kier molecular flexibility index (Phi) is 4.29. The minimum Gasteiger partial charge on any atom is -0.480 e. The van der Waals surface area contributed by atoms with Crippen molar-refractivity contribution >= 4 is 35.2 Å². The van der Waals surface area contributed by atoms with E-state index < -0.39 is 17.9 Å². The summed E-state index contributed by atoms with van der Waals surface area (Å²) in [4.78, 5) is 35.1. The molecule has 6 nitrogen and oxygen atoms in total. The number of rotatable bonds is 4. The molecule has 1 aliphatic rings. The fraction of sp³-hybridized carbons (Fsp3) is 0.308. The van der Waals surface area contributed by atoms with Crippen LogP contribution in [0.3, 0.4) is 0 Å². The number of carbonyl (C=O) groups is 3. The molecule has 7 heteroatoms. The molecule has 106 valence electrons. The van der Waals surface area contributed by atoms with E-state index in [1.54, 1.807) is 25.1 Å². The third-order valence-corrected chi connectivity index (χ3v) is 3.96. The molecular weight excluding hydrogens is 280 g/mol. The molecule has 1 aromatic rings. The zero-order chi connectivity index (χ0) is 14.7. The normalized spacial score (nSPS) is 14.9. The maximum atomic E-state index is 12.0. The van der Waals surface area contributed by atoms with Crippen LogP contribution in [0.1, 0.15) is 23.7 Å². The first-order chi connectivity index (χ1) is 9.51. The molecule has 0 fully saturated rings. The summed E-state index contributed by atoms with van der Waals surface area (Å²) >= 11 is 1.40. The van der Waals surface area contributed by atoms with Gasteiger partial charge in [-0.2, -0.15) is 0 Å². The lowest BCUT2D eigenvalue weighted by Gasteiger charge is -2.17. The number of carboxylic acid groups (broad SMARTS) is 1. The Hall–Kier alpha value is -2.02. The molecule has 1 aliphatic heterocycles. The number of anilines is 1. The smallest absolute Gasteiger partial charge is 0.326 e. The van der Waals surface area contributed by atoms with Crippen LogP contribution < -0.4 is 10.6 Å². The van der Waals surface area contributed by atoms with Gasteiger partial charge in [-0.15, -0.1) is 11.8 Å². The minimum absolute atomic E-state index is 0.114. The van der Waals surface area contributed by atoms with Gasteiger partial charge in [0.15, 0.2) is 0 Å². The van der Waals surface area contributed by atoms with Crippen LogP contribution in [-0.4, -0.2) is 34.7 Å². The van der Waals surface area contributed by atoms with Gasteiger partial charge in [0.2, 0.25) is 5.91 Å². The third kappa shape index (κ3) is 3.11. The average Bonchev–Trinajstić information content (AvgIpc) is 2.43. The summed E-state index contributed by atoms with van der Waals surface area (Å²) in [6, 6.07) is 4.01. The molecule has 0 aliphatic carbocycles. The summed E-state index contributed by atoms with van der Waals surface area (Å²) in [6.07, 6.45) is 0.304. The molecule has 0 unspecified atom stereocenters. The molecule has 0 radical (unpaired) electrons. The Balaban J connectivity index is 2.17. The number of hydrogen-bond donors (Lipinski definition) is 3. The van der Waals surface area contributed by atoms with Crippen LogP contribution in [0.4, 0.5) is 5.69 Å². The number of nitrogens with one attached hydrogen (secondary N) is 2. The summed E-state index contributed by atoms with van der Waals surface area (Å²) in [6.45, 7) is 1.68. The molecule has 20 heavy (non-hydrogen) atoms. The van der Waals surface area contributed by atoms with Crippen molar-refractivity contribution in [3.8, 4) is 0 Å². The van der Waals surface area contributed by atoms with E-state index in [1.807, 2.05) is 0 Å². The molecule has 1 aromatic carbocycles. The standard InChI is InChI=1S/C13H14N2O4S/c1-2-8(13(18)19)15-12(17)7-3-4-10-9(5-7)14-11(16)6-20-10/h3-5,8H,2,6H2,1H3,(H,14,16)(H,15,17)(H,18,19)/t8-/m1/s1. The summed E-state index contributed by atoms with van der Waals surface area (Å²) in [7, 11) is 0. The monoisotopic (exact) mass is 294 g/mol. The van der Waals surface area contributed by atoms with E-state index in [1.165, 1.54) is 11.8 Å². The van der Waals surface area contributed by atoms with Crippen LogP contribution in [0.2, 0.25) is 0 Å². The second-order valence-corrected chi connectivity index (χ2v) is 5.34. The Morgan fingerprint density at radius 3 is 2.90 bits per heavy atom. The molecule has 0 bridgehead atoms. The highest BCUT2D eigenvalue weighted by Crippen LogP contribution is 2.31. The van der Waals surface area contributed by atoms with Crippen molar-refractivity contribution in [1.29, 1.82) is 0 Å². The highest BCUT2D eigenvalue weighted by Gasteiger charge is 2.21. The van der Waals surface area contributed by atoms with Crippen molar-refractivity contribution in [2.24, 2.45) is 0 Å². The number of hydrogen-bond acceptors (Lipinski definition) is 4. The first-order valence-corrected chi connectivity index (χ1v) is 7.10. The zero-order valence-electron chi connectivity index (χ0n) is 10.8. The van der Waals surface area contributed by atoms with E-state index >= 15 is 0 Å². The summed E-state index contributed by atoms with van der Waals surface area (Å²) in [5.41, 5.74) is 0.911. The van der Waals surface area contributed by atoms with Gasteiger partial charge in [-0.05, 0) is 24.6 Å². The van der Waals surface area contributed by atoms with E-state index in [9.17, 15) is 14.4 Å². The van der Waals surface area contributed by atoms with Crippen LogP contribution in [-0.2, 0) is 9.59 Å². The van der Waals surface area contributed by atoms with Gasteiger partial charge >= 0.3 is 5.97 Å². The molecule has 3 N–H and O–H groups in total. The van der Waals surface area contributed by atoms with E-state index in [0.29, 0.717) is 23.4 Å². The molecule has 0 spiro atoms. The first kappa shape index (κ1) is 14.4. The fourth-order valence-electron chi connectivity index (χ4n) is 1.80. The highest BCUT2D eigenvalue weighted by atomic mass is 32.2. The van der Waals surface area contributed by atoms with Crippen molar-refractivity contribution in [2.75, 3.05) is 11.1 Å². The number of amides is 2. The highest BCUT2D eigenvalue weighted by molar-refractivity contribution is 8.00. The molecule has 0 aromatic heterocycles. The van der Waals surface area contributed by atoms with Gasteiger partial charge < -0.3 is 15.7 Å². The summed E-state index contributed by atoms with van der Waals surface area (Å²) in [5.74, 6) is -1.29. The van der Waals surface area contributed by atoms with E-state index in [2.05, 4.69) is 10.6 Å². The summed E-state index contributed by atoms with van der Waals surface area (Å²) in [5, 5.41) is 14.1. The average molecular weight is 294 g/mol. The Labute approximate surface area is 119 Å². The second-order valence-electron chi connectivity index (χ2n) is 4.32. The van der Waals surface area contributed by atoms with Crippen molar-refractivity contribution in [3.05, 3.63) is 23.8 Å². The Bertz CT molecular complexity index is 573. The van der Waals surface area contributed by atoms with Gasteiger partial charge in [-0.3, -0.25) is 9.59 Å². The van der Waals surface area contributed by atoms with Crippen LogP contribution in [0.5, 0.6) is 0 Å². The van der Waals surface area contributed by atoms with Crippen molar-refractivity contribution < 1.29 is 19.5 Å². The molecule has 2 rings (SSSR count). The maximum absolute atomic E-state index is 12.0. The predicted molar refractivity (Wildman–Crippen MR) is 75.0 cm³/mol. The quantitative estimate of drug-likeness (QED) is 0.778. The largest absolute Gasteiger partial charge is 0.480 e. The molecule has 1 heterocycles. The second kappa shape index (κ2) is 5.96. The lowest BCUT2D eigenvalue weighted by Crippen LogP contribution is -2.40. The number of carbonyl (C=O) groups excluding carboxylic acids is 2. The van der Waals surface area contributed by atoms with E-state index in [-0.39, 0.29) is 5.91 Å². The Morgan fingerprint density at radius 1 is 1.50 bits per heavy atom. The van der Waals surface area contributed by atoms with Crippen molar-refractivity contribution in [2.45, 2.75) is 24.3 Å². The van der Waals surface area contributed by atoms with Crippen LogP contribution in [0, 0.1) is 0 Å². The Morgan fingerprint density at radius 2 is 2.25 bits per heavy atom. The third-order valence-electron chi connectivity index (χ3n) is 2.89. The van der Waals surface area contributed by atoms with Crippen LogP contribution >= 0.6 is 11.8 Å². The number of thioether (sulfide) groups is 1. The number of benzene rings is 1. The summed E-state index contributed by atoms with van der Waals surface area (Å²) < 4.78 is 0. The molecule has 0 saturated carbocycles. The SMILES string of the molecule is CC[C@@H](NC(=O)c1ccc2c(c1)NC(=O)CS2)C(=O)O.